The second kappa shape index (κ2) is 8.94. The number of amides is 1. The Labute approximate surface area is 161 Å². The van der Waals surface area contributed by atoms with Gasteiger partial charge in [-0.1, -0.05) is 18.2 Å². The highest BCUT2D eigenvalue weighted by Gasteiger charge is 2.18. The Morgan fingerprint density at radius 1 is 1.14 bits per heavy atom. The van der Waals surface area contributed by atoms with Crippen LogP contribution in [-0.4, -0.2) is 23.0 Å². The molecule has 1 aromatic heterocycles. The topological polar surface area (TPSA) is 81.4 Å². The summed E-state index contributed by atoms with van der Waals surface area (Å²) in [6.07, 6.45) is 0.843. The average Bonchev–Trinajstić information content (AvgIpc) is 3.17. The van der Waals surface area contributed by atoms with Crippen LogP contribution >= 0.6 is 0 Å². The van der Waals surface area contributed by atoms with Crippen LogP contribution in [0, 0.1) is 5.82 Å². The van der Waals surface area contributed by atoms with Crippen molar-refractivity contribution in [3.63, 3.8) is 0 Å². The number of carbonyl (C=O) groups excluding carboxylic acids is 2. The molecular formula is C21H19FN2O4. The summed E-state index contributed by atoms with van der Waals surface area (Å²) in [5, 5.41) is 2.67. The lowest BCUT2D eigenvalue weighted by Crippen LogP contribution is -2.30. The van der Waals surface area contributed by atoms with Crippen LogP contribution in [0.25, 0.3) is 11.3 Å². The molecule has 1 atom stereocenters. The molecule has 3 aromatic rings. The summed E-state index contributed by atoms with van der Waals surface area (Å²) in [6.45, 7) is 1.51. The van der Waals surface area contributed by atoms with E-state index in [0.29, 0.717) is 22.9 Å². The maximum atomic E-state index is 13.0. The van der Waals surface area contributed by atoms with Gasteiger partial charge in [-0.3, -0.25) is 9.59 Å². The first kappa shape index (κ1) is 19.3. The van der Waals surface area contributed by atoms with Crippen LogP contribution in [0.15, 0.2) is 65.2 Å². The van der Waals surface area contributed by atoms with Crippen LogP contribution in [0.3, 0.4) is 0 Å². The second-order valence-electron chi connectivity index (χ2n) is 6.11. The van der Waals surface area contributed by atoms with Gasteiger partial charge >= 0.3 is 5.97 Å². The predicted octanol–water partition coefficient (Wildman–Crippen LogP) is 3.98. The normalized spacial score (nSPS) is 11.6. The molecule has 1 N–H and O–H groups in total. The van der Waals surface area contributed by atoms with Crippen molar-refractivity contribution in [1.29, 1.82) is 0 Å². The number of hydrogen-bond acceptors (Lipinski definition) is 5. The number of hydrogen-bond donors (Lipinski definition) is 1. The largest absolute Gasteiger partial charge is 0.453 e. The highest BCUT2D eigenvalue weighted by atomic mass is 19.1. The van der Waals surface area contributed by atoms with Gasteiger partial charge in [-0.25, -0.2) is 9.37 Å². The van der Waals surface area contributed by atoms with Crippen LogP contribution in [-0.2, 0) is 20.7 Å². The van der Waals surface area contributed by atoms with E-state index in [-0.39, 0.29) is 18.7 Å². The Morgan fingerprint density at radius 2 is 1.86 bits per heavy atom. The number of aromatic nitrogens is 1. The minimum Gasteiger partial charge on any atom is -0.453 e. The monoisotopic (exact) mass is 382 g/mol. The van der Waals surface area contributed by atoms with Gasteiger partial charge in [0.2, 0.25) is 0 Å². The first-order valence-electron chi connectivity index (χ1n) is 8.77. The van der Waals surface area contributed by atoms with Crippen molar-refractivity contribution in [3.05, 3.63) is 72.5 Å². The fourth-order valence-corrected chi connectivity index (χ4v) is 2.46. The molecule has 7 heteroatoms. The predicted molar refractivity (Wildman–Crippen MR) is 101 cm³/mol. The van der Waals surface area contributed by atoms with Crippen LogP contribution in [0.2, 0.25) is 0 Å². The fraction of sp³-hybridized carbons (Fsp3) is 0.190. The van der Waals surface area contributed by atoms with Gasteiger partial charge in [0.15, 0.2) is 17.8 Å². The Morgan fingerprint density at radius 3 is 2.57 bits per heavy atom. The minimum absolute atomic E-state index is 0.0202. The Hall–Kier alpha value is -3.48. The van der Waals surface area contributed by atoms with E-state index in [2.05, 4.69) is 10.3 Å². The molecule has 0 saturated carbocycles. The van der Waals surface area contributed by atoms with Gasteiger partial charge in [0.25, 0.3) is 5.91 Å². The van der Waals surface area contributed by atoms with Crippen molar-refractivity contribution in [2.45, 2.75) is 25.9 Å². The first-order valence-corrected chi connectivity index (χ1v) is 8.77. The number of carbonyl (C=O) groups is 2. The Balaban J connectivity index is 1.47. The Kier molecular flexibility index (Phi) is 6.16. The van der Waals surface area contributed by atoms with E-state index in [1.807, 2.05) is 6.07 Å². The number of esters is 1. The number of para-hydroxylation sites is 1. The zero-order valence-electron chi connectivity index (χ0n) is 15.2. The standard InChI is InChI=1S/C21H19FN2O4/c1-14(21(26)24-17-5-3-2-4-6-17)27-20(25)12-11-19-23-13-18(28-19)15-7-9-16(22)10-8-15/h2-10,13-14H,11-12H2,1H3,(H,24,26). The molecule has 3 rings (SSSR count). The average molecular weight is 382 g/mol. The van der Waals surface area contributed by atoms with Gasteiger partial charge in [0, 0.05) is 17.7 Å². The zero-order chi connectivity index (χ0) is 19.9. The molecule has 1 unspecified atom stereocenters. The van der Waals surface area contributed by atoms with E-state index >= 15 is 0 Å². The molecule has 2 aromatic carbocycles. The molecule has 0 spiro atoms. The van der Waals surface area contributed by atoms with Crippen molar-refractivity contribution < 1.29 is 23.1 Å². The molecule has 0 aliphatic heterocycles. The minimum atomic E-state index is -0.924. The van der Waals surface area contributed by atoms with Gasteiger partial charge < -0.3 is 14.5 Å². The lowest BCUT2D eigenvalue weighted by atomic mass is 10.2. The number of oxazole rings is 1. The van der Waals surface area contributed by atoms with Gasteiger partial charge in [-0.15, -0.1) is 0 Å². The lowest BCUT2D eigenvalue weighted by Gasteiger charge is -2.13. The van der Waals surface area contributed by atoms with Gasteiger partial charge in [-0.2, -0.15) is 0 Å². The van der Waals surface area contributed by atoms with Gasteiger partial charge in [0.1, 0.15) is 5.82 Å². The SMILES string of the molecule is CC(OC(=O)CCc1ncc(-c2ccc(F)cc2)o1)C(=O)Nc1ccccc1. The summed E-state index contributed by atoms with van der Waals surface area (Å²) >= 11 is 0. The fourth-order valence-electron chi connectivity index (χ4n) is 2.46. The molecule has 144 valence electrons. The molecule has 0 saturated heterocycles. The molecule has 6 nitrogen and oxygen atoms in total. The summed E-state index contributed by atoms with van der Waals surface area (Å²) in [7, 11) is 0. The zero-order valence-corrected chi connectivity index (χ0v) is 15.2. The maximum absolute atomic E-state index is 13.0. The Bertz CT molecular complexity index is 939. The van der Waals surface area contributed by atoms with Gasteiger partial charge in [-0.05, 0) is 43.3 Å². The number of nitrogens with one attached hydrogen (secondary N) is 1. The molecule has 0 aliphatic rings. The number of halogens is 1. The smallest absolute Gasteiger partial charge is 0.307 e. The van der Waals surface area contributed by atoms with E-state index in [4.69, 9.17) is 9.15 Å². The van der Waals surface area contributed by atoms with Crippen molar-refractivity contribution in [1.82, 2.24) is 4.98 Å². The lowest BCUT2D eigenvalue weighted by molar-refractivity contribution is -0.153. The molecule has 1 heterocycles. The summed E-state index contributed by atoms with van der Waals surface area (Å²) in [6, 6.07) is 14.7. The third-order valence-corrected chi connectivity index (χ3v) is 3.94. The third kappa shape index (κ3) is 5.26. The van der Waals surface area contributed by atoms with Crippen LogP contribution in [0.4, 0.5) is 10.1 Å². The second-order valence-corrected chi connectivity index (χ2v) is 6.11. The molecule has 0 radical (unpaired) electrons. The highest BCUT2D eigenvalue weighted by Crippen LogP contribution is 2.21. The number of rotatable bonds is 7. The molecule has 28 heavy (non-hydrogen) atoms. The molecule has 1 amide bonds. The van der Waals surface area contributed by atoms with E-state index in [0.717, 1.165) is 0 Å². The van der Waals surface area contributed by atoms with Crippen molar-refractivity contribution in [3.8, 4) is 11.3 Å². The number of nitrogens with zero attached hydrogens (tertiary/aromatic N) is 1. The molecule has 0 aliphatic carbocycles. The number of benzene rings is 2. The summed E-state index contributed by atoms with van der Waals surface area (Å²) in [4.78, 5) is 28.2. The number of aryl methyl sites for hydroxylation is 1. The van der Waals surface area contributed by atoms with Crippen LogP contribution in [0.5, 0.6) is 0 Å². The van der Waals surface area contributed by atoms with Crippen LogP contribution in [0.1, 0.15) is 19.2 Å². The van der Waals surface area contributed by atoms with Crippen molar-refractivity contribution in [2.24, 2.45) is 0 Å². The summed E-state index contributed by atoms with van der Waals surface area (Å²) < 4.78 is 23.7. The van der Waals surface area contributed by atoms with Gasteiger partial charge in [0.05, 0.1) is 12.6 Å². The third-order valence-electron chi connectivity index (χ3n) is 3.94. The molecular weight excluding hydrogens is 363 g/mol. The van der Waals surface area contributed by atoms with E-state index in [1.165, 1.54) is 25.3 Å². The number of ether oxygens (including phenoxy) is 1. The van der Waals surface area contributed by atoms with E-state index in [1.54, 1.807) is 36.4 Å². The maximum Gasteiger partial charge on any atom is 0.307 e. The number of anilines is 1. The summed E-state index contributed by atoms with van der Waals surface area (Å²) in [5.41, 5.74) is 1.32. The summed E-state index contributed by atoms with van der Waals surface area (Å²) in [5.74, 6) is -0.431. The highest BCUT2D eigenvalue weighted by molar-refractivity contribution is 5.95. The molecule has 0 bridgehead atoms. The van der Waals surface area contributed by atoms with Crippen molar-refractivity contribution in [2.75, 3.05) is 5.32 Å². The quantitative estimate of drug-likeness (QED) is 0.625. The van der Waals surface area contributed by atoms with E-state index in [9.17, 15) is 14.0 Å². The first-order chi connectivity index (χ1) is 13.5. The van der Waals surface area contributed by atoms with Crippen LogP contribution < -0.4 is 5.32 Å². The van der Waals surface area contributed by atoms with Crippen molar-refractivity contribution >= 4 is 17.6 Å². The molecule has 0 fully saturated rings. The van der Waals surface area contributed by atoms with E-state index < -0.39 is 18.0 Å².